The molecule has 0 saturated heterocycles. The van der Waals surface area contributed by atoms with Gasteiger partial charge in [-0.05, 0) is 18.2 Å². The Morgan fingerprint density at radius 1 is 1.24 bits per heavy atom. The Morgan fingerprint density at radius 2 is 2.00 bits per heavy atom. The van der Waals surface area contributed by atoms with E-state index in [1.807, 2.05) is 18.2 Å². The largest absolute Gasteiger partial charge is 0.399 e. The van der Waals surface area contributed by atoms with E-state index in [9.17, 15) is 0 Å². The molecule has 0 amide bonds. The molecule has 1 aromatic carbocycles. The molecule has 6 nitrogen and oxygen atoms in total. The van der Waals surface area contributed by atoms with Gasteiger partial charge in [-0.1, -0.05) is 25.9 Å². The first-order valence-electron chi connectivity index (χ1n) is 6.90. The van der Waals surface area contributed by atoms with Gasteiger partial charge < -0.3 is 14.8 Å². The normalized spacial score (nSPS) is 12.2. The molecule has 2 N–H and O–H groups in total. The third-order valence-corrected chi connectivity index (χ3v) is 3.31. The summed E-state index contributed by atoms with van der Waals surface area (Å²) in [6, 6.07) is 5.76. The summed E-state index contributed by atoms with van der Waals surface area (Å²) in [6.45, 7) is 8.72. The Hall–Kier alpha value is -2.37. The molecule has 0 saturated carbocycles. The second kappa shape index (κ2) is 4.58. The van der Waals surface area contributed by atoms with Crippen LogP contribution in [-0.2, 0) is 12.0 Å². The van der Waals surface area contributed by atoms with Crippen molar-refractivity contribution in [3.63, 3.8) is 0 Å². The number of anilines is 1. The number of aryl methyl sites for hydroxylation is 1. The number of nitrogens with two attached hydrogens (primary N) is 1. The number of aromatic nitrogens is 4. The highest BCUT2D eigenvalue weighted by molar-refractivity contribution is 5.80. The molecule has 0 fully saturated rings. The van der Waals surface area contributed by atoms with E-state index in [1.165, 1.54) is 0 Å². The van der Waals surface area contributed by atoms with Crippen molar-refractivity contribution in [2.45, 2.75) is 39.7 Å². The predicted molar refractivity (Wildman–Crippen MR) is 81.0 cm³/mol. The predicted octanol–water partition coefficient (Wildman–Crippen LogP) is 2.66. The van der Waals surface area contributed by atoms with E-state index in [4.69, 9.17) is 15.2 Å². The molecular formula is C15H19N5O. The van der Waals surface area contributed by atoms with Gasteiger partial charge in [0, 0.05) is 18.0 Å². The highest BCUT2D eigenvalue weighted by atomic mass is 16.5. The van der Waals surface area contributed by atoms with Crippen molar-refractivity contribution in [1.29, 1.82) is 0 Å². The molecule has 0 radical (unpaired) electrons. The van der Waals surface area contributed by atoms with Crippen molar-refractivity contribution in [2.24, 2.45) is 0 Å². The van der Waals surface area contributed by atoms with Crippen molar-refractivity contribution < 1.29 is 4.52 Å². The minimum absolute atomic E-state index is 0.0907. The Balaban J connectivity index is 2.17. The molecule has 0 bridgehead atoms. The lowest BCUT2D eigenvalue weighted by Gasteiger charge is -2.19. The topological polar surface area (TPSA) is 82.8 Å². The molecular weight excluding hydrogens is 266 g/mol. The van der Waals surface area contributed by atoms with Gasteiger partial charge in [0.05, 0.1) is 17.6 Å². The van der Waals surface area contributed by atoms with Gasteiger partial charge in [0.1, 0.15) is 5.82 Å². The zero-order valence-corrected chi connectivity index (χ0v) is 12.7. The lowest BCUT2D eigenvalue weighted by Crippen LogP contribution is -2.19. The summed E-state index contributed by atoms with van der Waals surface area (Å²) >= 11 is 0. The molecule has 0 aliphatic carbocycles. The summed E-state index contributed by atoms with van der Waals surface area (Å²) in [4.78, 5) is 9.03. The molecule has 6 heteroatoms. The van der Waals surface area contributed by atoms with Gasteiger partial charge in [0.2, 0.25) is 5.89 Å². The van der Waals surface area contributed by atoms with Crippen molar-refractivity contribution in [3.05, 3.63) is 35.7 Å². The standard InChI is InChI=1S/C15H19N5O/c1-9-17-13(19-21-9)8-20-12-6-5-10(16)7-11(12)18-14(20)15(2,3)4/h5-7H,8,16H2,1-4H3. The van der Waals surface area contributed by atoms with Crippen LogP contribution >= 0.6 is 0 Å². The van der Waals surface area contributed by atoms with Crippen molar-refractivity contribution in [3.8, 4) is 0 Å². The van der Waals surface area contributed by atoms with Crippen molar-refractivity contribution in [2.75, 3.05) is 5.73 Å². The lowest BCUT2D eigenvalue weighted by atomic mass is 9.95. The van der Waals surface area contributed by atoms with Gasteiger partial charge in [-0.3, -0.25) is 0 Å². The Labute approximate surface area is 123 Å². The summed E-state index contributed by atoms with van der Waals surface area (Å²) in [6.07, 6.45) is 0. The van der Waals surface area contributed by atoms with Gasteiger partial charge >= 0.3 is 0 Å². The maximum atomic E-state index is 5.86. The van der Waals surface area contributed by atoms with Gasteiger partial charge in [-0.2, -0.15) is 4.98 Å². The molecule has 3 rings (SSSR count). The summed E-state index contributed by atoms with van der Waals surface area (Å²) < 4.78 is 7.18. The summed E-state index contributed by atoms with van der Waals surface area (Å²) in [5, 5.41) is 3.98. The zero-order chi connectivity index (χ0) is 15.2. The van der Waals surface area contributed by atoms with E-state index in [1.54, 1.807) is 6.92 Å². The van der Waals surface area contributed by atoms with E-state index in [-0.39, 0.29) is 5.41 Å². The second-order valence-electron chi connectivity index (χ2n) is 6.25. The maximum Gasteiger partial charge on any atom is 0.223 e. The smallest absolute Gasteiger partial charge is 0.223 e. The molecule has 2 heterocycles. The first-order valence-corrected chi connectivity index (χ1v) is 6.90. The molecule has 0 atom stereocenters. The number of hydrogen-bond acceptors (Lipinski definition) is 5. The van der Waals surface area contributed by atoms with Crippen LogP contribution in [0.15, 0.2) is 22.7 Å². The fourth-order valence-electron chi connectivity index (χ4n) is 2.43. The Bertz CT molecular complexity index is 794. The minimum atomic E-state index is -0.0907. The Morgan fingerprint density at radius 3 is 2.62 bits per heavy atom. The van der Waals surface area contributed by atoms with Crippen molar-refractivity contribution >= 4 is 16.7 Å². The van der Waals surface area contributed by atoms with Crippen LogP contribution < -0.4 is 5.73 Å². The lowest BCUT2D eigenvalue weighted by molar-refractivity contribution is 0.385. The first-order chi connectivity index (χ1) is 9.84. The van der Waals surface area contributed by atoms with Gasteiger partial charge in [-0.15, -0.1) is 0 Å². The molecule has 0 aliphatic rings. The zero-order valence-electron chi connectivity index (χ0n) is 12.7. The third-order valence-electron chi connectivity index (χ3n) is 3.31. The highest BCUT2D eigenvalue weighted by Gasteiger charge is 2.23. The molecule has 110 valence electrons. The SMILES string of the molecule is Cc1nc(Cn2c(C(C)(C)C)nc3cc(N)ccc32)no1. The number of imidazole rings is 1. The summed E-state index contributed by atoms with van der Waals surface area (Å²) in [5.74, 6) is 2.19. The molecule has 0 aliphatic heterocycles. The molecule has 3 aromatic rings. The van der Waals surface area contributed by atoms with E-state index in [0.717, 1.165) is 16.9 Å². The minimum Gasteiger partial charge on any atom is -0.399 e. The number of benzene rings is 1. The molecule has 0 unspecified atom stereocenters. The van der Waals surface area contributed by atoms with Crippen LogP contribution in [0.1, 0.15) is 38.3 Å². The average Bonchev–Trinajstić information content (AvgIpc) is 2.93. The third kappa shape index (κ3) is 2.49. The fraction of sp³-hybridized carbons (Fsp3) is 0.400. The number of fused-ring (bicyclic) bond motifs is 1. The van der Waals surface area contributed by atoms with Gasteiger partial charge in [-0.25, -0.2) is 4.98 Å². The van der Waals surface area contributed by atoms with E-state index in [0.29, 0.717) is 23.9 Å². The van der Waals surface area contributed by atoms with Crippen molar-refractivity contribution in [1.82, 2.24) is 19.7 Å². The van der Waals surface area contributed by atoms with Gasteiger partial charge in [0.25, 0.3) is 0 Å². The first kappa shape index (κ1) is 13.6. The van der Waals surface area contributed by atoms with E-state index < -0.39 is 0 Å². The van der Waals surface area contributed by atoms with Crippen LogP contribution in [0.3, 0.4) is 0 Å². The summed E-state index contributed by atoms with van der Waals surface area (Å²) in [7, 11) is 0. The van der Waals surface area contributed by atoms with Crippen LogP contribution in [0.4, 0.5) is 5.69 Å². The quantitative estimate of drug-likeness (QED) is 0.732. The van der Waals surface area contributed by atoms with Crippen LogP contribution in [-0.4, -0.2) is 19.7 Å². The average molecular weight is 285 g/mol. The van der Waals surface area contributed by atoms with Crippen LogP contribution in [0, 0.1) is 6.92 Å². The fourth-order valence-corrected chi connectivity index (χ4v) is 2.43. The highest BCUT2D eigenvalue weighted by Crippen LogP contribution is 2.28. The van der Waals surface area contributed by atoms with Gasteiger partial charge in [0.15, 0.2) is 5.82 Å². The second-order valence-corrected chi connectivity index (χ2v) is 6.25. The molecule has 0 spiro atoms. The summed E-state index contributed by atoms with van der Waals surface area (Å²) in [5.41, 5.74) is 8.39. The van der Waals surface area contributed by atoms with Crippen LogP contribution in [0.5, 0.6) is 0 Å². The van der Waals surface area contributed by atoms with E-state index in [2.05, 4.69) is 35.5 Å². The number of nitrogen functional groups attached to an aromatic ring is 1. The number of rotatable bonds is 2. The maximum absolute atomic E-state index is 5.86. The Kier molecular flexibility index (Phi) is 2.97. The molecule has 21 heavy (non-hydrogen) atoms. The number of hydrogen-bond donors (Lipinski definition) is 1. The van der Waals surface area contributed by atoms with Crippen LogP contribution in [0.25, 0.3) is 11.0 Å². The molecule has 2 aromatic heterocycles. The monoisotopic (exact) mass is 285 g/mol. The number of nitrogens with zero attached hydrogens (tertiary/aromatic N) is 4. The van der Waals surface area contributed by atoms with E-state index >= 15 is 0 Å². The van der Waals surface area contributed by atoms with Crippen LogP contribution in [0.2, 0.25) is 0 Å².